The van der Waals surface area contributed by atoms with Gasteiger partial charge in [0.15, 0.2) is 0 Å². The summed E-state index contributed by atoms with van der Waals surface area (Å²) in [5, 5.41) is 3.25. The Labute approximate surface area is 157 Å². The Bertz CT molecular complexity index is 644. The van der Waals surface area contributed by atoms with Gasteiger partial charge in [0.25, 0.3) is 0 Å². The molecule has 1 unspecified atom stereocenters. The molecule has 0 aromatic carbocycles. The molecule has 1 N–H and O–H groups in total. The zero-order chi connectivity index (χ0) is 19.1. The maximum absolute atomic E-state index is 12.8. The van der Waals surface area contributed by atoms with Gasteiger partial charge >= 0.3 is 0 Å². The Balaban J connectivity index is 1.56. The zero-order valence-electron chi connectivity index (χ0n) is 16.7. The van der Waals surface area contributed by atoms with Crippen LogP contribution in [0.3, 0.4) is 0 Å². The summed E-state index contributed by atoms with van der Waals surface area (Å²) in [5.41, 5.74) is -0.181. The molecule has 0 bridgehead atoms. The fraction of sp³-hybridized carbons (Fsp3) is 0.714. The van der Waals surface area contributed by atoms with E-state index >= 15 is 0 Å². The lowest BCUT2D eigenvalue weighted by atomic mass is 9.83. The molecule has 1 saturated heterocycles. The second kappa shape index (κ2) is 7.09. The lowest BCUT2D eigenvalue weighted by molar-refractivity contribution is -0.133. The van der Waals surface area contributed by atoms with Crippen molar-refractivity contribution < 1.29 is 9.59 Å². The van der Waals surface area contributed by atoms with E-state index in [4.69, 9.17) is 0 Å². The Morgan fingerprint density at radius 1 is 1.12 bits per heavy atom. The van der Waals surface area contributed by atoms with Crippen LogP contribution in [0, 0.1) is 23.7 Å². The normalized spacial score (nSPS) is 25.7. The molecule has 5 heteroatoms. The fourth-order valence-electron chi connectivity index (χ4n) is 4.53. The van der Waals surface area contributed by atoms with E-state index in [2.05, 4.69) is 33.0 Å². The van der Waals surface area contributed by atoms with Crippen molar-refractivity contribution >= 4 is 11.8 Å². The average molecular weight is 360 g/mol. The van der Waals surface area contributed by atoms with Gasteiger partial charge < -0.3 is 14.8 Å². The van der Waals surface area contributed by atoms with Gasteiger partial charge in [-0.15, -0.1) is 0 Å². The largest absolute Gasteiger partial charge is 0.347 e. The third kappa shape index (κ3) is 3.67. The van der Waals surface area contributed by atoms with E-state index < -0.39 is 0 Å². The second-order valence-electron chi connectivity index (χ2n) is 8.98. The number of nitrogens with one attached hydrogen (secondary N) is 1. The number of amides is 2. The number of carbonyl (C=O) groups is 2. The van der Waals surface area contributed by atoms with E-state index in [1.165, 1.54) is 0 Å². The van der Waals surface area contributed by atoms with Crippen LogP contribution in [0.5, 0.6) is 0 Å². The van der Waals surface area contributed by atoms with Gasteiger partial charge in [-0.25, -0.2) is 0 Å². The minimum absolute atomic E-state index is 0.0419. The molecule has 3 rings (SSSR count). The molecule has 0 radical (unpaired) electrons. The predicted molar refractivity (Wildman–Crippen MR) is 102 cm³/mol. The molecule has 1 saturated carbocycles. The smallest absolute Gasteiger partial charge is 0.243 e. The molecule has 5 nitrogen and oxygen atoms in total. The van der Waals surface area contributed by atoms with Gasteiger partial charge in [-0.3, -0.25) is 9.59 Å². The molecule has 0 spiro atoms. The second-order valence-corrected chi connectivity index (χ2v) is 8.98. The summed E-state index contributed by atoms with van der Waals surface area (Å²) in [4.78, 5) is 27.4. The van der Waals surface area contributed by atoms with Gasteiger partial charge in [0.1, 0.15) is 6.04 Å². The number of aromatic nitrogens is 1. The molecular weight excluding hydrogens is 326 g/mol. The highest BCUT2D eigenvalue weighted by Crippen LogP contribution is 2.50. The highest BCUT2D eigenvalue weighted by Gasteiger charge is 2.62. The van der Waals surface area contributed by atoms with Gasteiger partial charge in [0, 0.05) is 37.8 Å². The molecule has 1 aliphatic carbocycles. The number of rotatable bonds is 7. The van der Waals surface area contributed by atoms with Crippen LogP contribution >= 0.6 is 0 Å². The fourth-order valence-corrected chi connectivity index (χ4v) is 4.53. The lowest BCUT2D eigenvalue weighted by Crippen LogP contribution is -2.46. The minimum atomic E-state index is -0.225. The topological polar surface area (TPSA) is 54.3 Å². The van der Waals surface area contributed by atoms with E-state index in [0.29, 0.717) is 36.6 Å². The van der Waals surface area contributed by atoms with E-state index in [9.17, 15) is 9.59 Å². The molecule has 2 fully saturated rings. The standard InChI is InChI=1S/C21H33N3O2/c1-14(2)18(15(3)4)10-19(25)24-12-17-11-21(17,13-24)22-20(26)16(5)23-8-6-7-9-23/h6-9,14-18H,10-13H2,1-5H3,(H,22,26)/t16?,17-,21-/m0/s1. The highest BCUT2D eigenvalue weighted by molar-refractivity contribution is 5.82. The van der Waals surface area contributed by atoms with Crippen LogP contribution in [-0.4, -0.2) is 39.9 Å². The first-order chi connectivity index (χ1) is 12.2. The summed E-state index contributed by atoms with van der Waals surface area (Å²) in [6.45, 7) is 12.2. The van der Waals surface area contributed by atoms with Gasteiger partial charge in [0.2, 0.25) is 11.8 Å². The monoisotopic (exact) mass is 359 g/mol. The first-order valence-corrected chi connectivity index (χ1v) is 9.96. The summed E-state index contributed by atoms with van der Waals surface area (Å²) in [6, 6.07) is 3.63. The predicted octanol–water partition coefficient (Wildman–Crippen LogP) is 3.08. The van der Waals surface area contributed by atoms with Crippen molar-refractivity contribution in [3.05, 3.63) is 24.5 Å². The molecule has 2 heterocycles. The highest BCUT2D eigenvalue weighted by atomic mass is 16.2. The van der Waals surface area contributed by atoms with Crippen LogP contribution in [0.4, 0.5) is 0 Å². The number of hydrogen-bond acceptors (Lipinski definition) is 2. The number of nitrogens with zero attached hydrogens (tertiary/aromatic N) is 2. The lowest BCUT2D eigenvalue weighted by Gasteiger charge is -2.28. The maximum atomic E-state index is 12.8. The van der Waals surface area contributed by atoms with Crippen molar-refractivity contribution in [2.45, 2.75) is 59.0 Å². The summed E-state index contributed by atoms with van der Waals surface area (Å²) in [5.74, 6) is 2.14. The minimum Gasteiger partial charge on any atom is -0.347 e. The Morgan fingerprint density at radius 2 is 1.73 bits per heavy atom. The van der Waals surface area contributed by atoms with Crippen molar-refractivity contribution in [1.82, 2.24) is 14.8 Å². The van der Waals surface area contributed by atoms with E-state index in [1.54, 1.807) is 0 Å². The molecular formula is C21H33N3O2. The summed E-state index contributed by atoms with van der Waals surface area (Å²) in [7, 11) is 0. The number of piperidine rings is 1. The third-order valence-corrected chi connectivity index (χ3v) is 6.45. The Morgan fingerprint density at radius 3 is 2.31 bits per heavy atom. The quantitative estimate of drug-likeness (QED) is 0.813. The van der Waals surface area contributed by atoms with E-state index in [1.807, 2.05) is 40.9 Å². The van der Waals surface area contributed by atoms with Crippen LogP contribution in [0.15, 0.2) is 24.5 Å². The summed E-state index contributed by atoms with van der Waals surface area (Å²) in [6.07, 6.45) is 5.44. The molecule has 1 aliphatic heterocycles. The van der Waals surface area contributed by atoms with Crippen molar-refractivity contribution in [3.63, 3.8) is 0 Å². The van der Waals surface area contributed by atoms with Crippen LogP contribution in [0.1, 0.15) is 53.5 Å². The number of fused-ring (bicyclic) bond motifs is 1. The van der Waals surface area contributed by atoms with Gasteiger partial charge in [-0.05, 0) is 43.2 Å². The van der Waals surface area contributed by atoms with Gasteiger partial charge in [-0.2, -0.15) is 0 Å². The molecule has 3 atom stereocenters. The average Bonchev–Trinajstić information content (AvgIpc) is 2.97. The molecule has 26 heavy (non-hydrogen) atoms. The van der Waals surface area contributed by atoms with Crippen molar-refractivity contribution in [1.29, 1.82) is 0 Å². The van der Waals surface area contributed by atoms with Crippen LogP contribution in [0.2, 0.25) is 0 Å². The SMILES string of the molecule is CC(C)C(CC(=O)N1C[C@@H]2C[C@]2(NC(=O)C(C)n2cccc2)C1)C(C)C. The van der Waals surface area contributed by atoms with Crippen LogP contribution in [0.25, 0.3) is 0 Å². The molecule has 2 amide bonds. The number of hydrogen-bond donors (Lipinski definition) is 1. The van der Waals surface area contributed by atoms with Crippen LogP contribution in [-0.2, 0) is 9.59 Å². The van der Waals surface area contributed by atoms with E-state index in [0.717, 1.165) is 13.0 Å². The molecule has 2 aliphatic rings. The van der Waals surface area contributed by atoms with Crippen molar-refractivity contribution in [2.24, 2.45) is 23.7 Å². The molecule has 1 aromatic heterocycles. The van der Waals surface area contributed by atoms with Crippen molar-refractivity contribution in [2.75, 3.05) is 13.1 Å². The van der Waals surface area contributed by atoms with E-state index in [-0.39, 0.29) is 23.4 Å². The zero-order valence-corrected chi connectivity index (χ0v) is 16.7. The van der Waals surface area contributed by atoms with Crippen molar-refractivity contribution in [3.8, 4) is 0 Å². The number of carbonyl (C=O) groups excluding carboxylic acids is 2. The maximum Gasteiger partial charge on any atom is 0.243 e. The van der Waals surface area contributed by atoms with Gasteiger partial charge in [0.05, 0.1) is 5.54 Å². The van der Waals surface area contributed by atoms with Crippen LogP contribution < -0.4 is 5.32 Å². The summed E-state index contributed by atoms with van der Waals surface area (Å²) >= 11 is 0. The first kappa shape index (κ1) is 19.0. The Hall–Kier alpha value is -1.78. The first-order valence-electron chi connectivity index (χ1n) is 9.96. The molecule has 144 valence electrons. The number of likely N-dealkylation sites (tertiary alicyclic amines) is 1. The summed E-state index contributed by atoms with van der Waals surface area (Å²) < 4.78 is 1.91. The third-order valence-electron chi connectivity index (χ3n) is 6.45. The molecule has 1 aromatic rings. The van der Waals surface area contributed by atoms with Gasteiger partial charge in [-0.1, -0.05) is 27.7 Å². The Kier molecular flexibility index (Phi) is 5.18.